The molecule has 1 fully saturated rings. The first-order valence-electron chi connectivity index (χ1n) is 11.2. The number of anilines is 1. The number of aromatic nitrogens is 1. The van der Waals surface area contributed by atoms with Crippen molar-refractivity contribution in [2.45, 2.75) is 19.9 Å². The van der Waals surface area contributed by atoms with E-state index in [1.165, 1.54) is 5.56 Å². The fourth-order valence-electron chi connectivity index (χ4n) is 3.72. The Morgan fingerprint density at radius 2 is 1.84 bits per heavy atom. The Hall–Kier alpha value is -3.00. The topological polar surface area (TPSA) is 74.3 Å². The van der Waals surface area contributed by atoms with Gasteiger partial charge in [-0.25, -0.2) is 9.98 Å². The first-order valence-corrected chi connectivity index (χ1v) is 11.2. The van der Waals surface area contributed by atoms with Crippen LogP contribution in [-0.4, -0.2) is 76.4 Å². The average Bonchev–Trinajstić information content (AvgIpc) is 2.83. The molecule has 8 nitrogen and oxygen atoms in total. The van der Waals surface area contributed by atoms with Gasteiger partial charge in [0.25, 0.3) is 0 Å². The second kappa shape index (κ2) is 12.1. The van der Waals surface area contributed by atoms with E-state index < -0.39 is 0 Å². The Bertz CT molecular complexity index is 881. The minimum atomic E-state index is 0.585. The highest BCUT2D eigenvalue weighted by Crippen LogP contribution is 2.27. The summed E-state index contributed by atoms with van der Waals surface area (Å²) >= 11 is 0. The monoisotopic (exact) mass is 440 g/mol. The van der Waals surface area contributed by atoms with Gasteiger partial charge in [-0.2, -0.15) is 0 Å². The van der Waals surface area contributed by atoms with E-state index in [2.05, 4.69) is 51.5 Å². The molecule has 0 radical (unpaired) electrons. The van der Waals surface area contributed by atoms with Crippen molar-refractivity contribution >= 4 is 11.8 Å². The van der Waals surface area contributed by atoms with Gasteiger partial charge in [-0.15, -0.1) is 0 Å². The minimum absolute atomic E-state index is 0.585. The molecule has 2 N–H and O–H groups in total. The van der Waals surface area contributed by atoms with Gasteiger partial charge >= 0.3 is 0 Å². The van der Waals surface area contributed by atoms with Crippen LogP contribution in [0.5, 0.6) is 11.5 Å². The number of aliphatic imine (C=N–C) groups is 1. The van der Waals surface area contributed by atoms with Crippen molar-refractivity contribution in [1.29, 1.82) is 0 Å². The number of likely N-dealkylation sites (N-methyl/N-ethyl adjacent to an activating group) is 1. The zero-order valence-electron chi connectivity index (χ0n) is 19.7. The van der Waals surface area contributed by atoms with Gasteiger partial charge in [0.05, 0.1) is 20.8 Å². The predicted molar refractivity (Wildman–Crippen MR) is 130 cm³/mol. The Morgan fingerprint density at radius 3 is 2.56 bits per heavy atom. The van der Waals surface area contributed by atoms with Gasteiger partial charge in [-0.05, 0) is 44.2 Å². The molecule has 0 spiro atoms. The lowest BCUT2D eigenvalue weighted by Crippen LogP contribution is -2.45. The van der Waals surface area contributed by atoms with E-state index in [1.807, 2.05) is 24.4 Å². The van der Waals surface area contributed by atoms with Gasteiger partial charge in [-0.3, -0.25) is 0 Å². The fraction of sp³-hybridized carbons (Fsp3) is 0.500. The highest BCUT2D eigenvalue weighted by molar-refractivity contribution is 5.79. The predicted octanol–water partition coefficient (Wildman–Crippen LogP) is 2.15. The number of pyridine rings is 1. The number of guanidine groups is 1. The van der Waals surface area contributed by atoms with Crippen LogP contribution in [0, 0.1) is 0 Å². The summed E-state index contributed by atoms with van der Waals surface area (Å²) in [4.78, 5) is 14.2. The maximum absolute atomic E-state index is 5.40. The van der Waals surface area contributed by atoms with E-state index in [9.17, 15) is 0 Å². The van der Waals surface area contributed by atoms with Gasteiger partial charge in [0, 0.05) is 51.0 Å². The summed E-state index contributed by atoms with van der Waals surface area (Å²) in [5.41, 5.74) is 2.32. The molecule has 2 aromatic rings. The third-order valence-corrected chi connectivity index (χ3v) is 5.58. The highest BCUT2D eigenvalue weighted by Gasteiger charge is 2.17. The Labute approximate surface area is 191 Å². The number of benzene rings is 1. The third-order valence-electron chi connectivity index (χ3n) is 5.58. The first-order chi connectivity index (χ1) is 15.6. The average molecular weight is 441 g/mol. The molecule has 1 aliphatic heterocycles. The second-order valence-electron chi connectivity index (χ2n) is 7.84. The zero-order valence-corrected chi connectivity index (χ0v) is 19.7. The van der Waals surface area contributed by atoms with E-state index in [0.717, 1.165) is 74.5 Å². The summed E-state index contributed by atoms with van der Waals surface area (Å²) < 4.78 is 10.7. The van der Waals surface area contributed by atoms with Crippen LogP contribution in [0.25, 0.3) is 0 Å². The van der Waals surface area contributed by atoms with Crippen LogP contribution in [0.2, 0.25) is 0 Å². The first kappa shape index (κ1) is 23.7. The number of nitrogens with one attached hydrogen (secondary N) is 2. The van der Waals surface area contributed by atoms with E-state index in [1.54, 1.807) is 14.2 Å². The number of methoxy groups -OCH3 is 2. The van der Waals surface area contributed by atoms with E-state index in [4.69, 9.17) is 14.5 Å². The third kappa shape index (κ3) is 6.50. The molecule has 32 heavy (non-hydrogen) atoms. The number of rotatable bonds is 9. The van der Waals surface area contributed by atoms with Crippen molar-refractivity contribution in [3.8, 4) is 11.5 Å². The normalized spacial score (nSPS) is 14.9. The van der Waals surface area contributed by atoms with Gasteiger partial charge in [0.15, 0.2) is 17.5 Å². The van der Waals surface area contributed by atoms with Crippen molar-refractivity contribution in [2.75, 3.05) is 65.4 Å². The van der Waals surface area contributed by atoms with Crippen molar-refractivity contribution < 1.29 is 9.47 Å². The molecule has 0 amide bonds. The minimum Gasteiger partial charge on any atom is -0.493 e. The molecule has 1 aromatic carbocycles. The van der Waals surface area contributed by atoms with Gasteiger partial charge in [0.1, 0.15) is 5.82 Å². The zero-order chi connectivity index (χ0) is 22.8. The van der Waals surface area contributed by atoms with E-state index in [0.29, 0.717) is 6.54 Å². The molecule has 1 aliphatic rings. The lowest BCUT2D eigenvalue weighted by Gasteiger charge is -2.34. The fourth-order valence-corrected chi connectivity index (χ4v) is 3.72. The molecule has 174 valence electrons. The summed E-state index contributed by atoms with van der Waals surface area (Å²) in [6.07, 6.45) is 2.72. The van der Waals surface area contributed by atoms with Crippen LogP contribution in [0.1, 0.15) is 18.1 Å². The number of hydrogen-bond donors (Lipinski definition) is 2. The molecular weight excluding hydrogens is 404 g/mol. The van der Waals surface area contributed by atoms with Crippen molar-refractivity contribution in [3.05, 3.63) is 47.7 Å². The van der Waals surface area contributed by atoms with Crippen LogP contribution >= 0.6 is 0 Å². The standard InChI is InChI=1S/C24H36N6O2/c1-5-25-24(27-12-10-19-8-9-21(31-3)22(17-19)32-4)28-18-20-7-6-11-26-23(20)30-15-13-29(2)14-16-30/h6-9,11,17H,5,10,12-16,18H2,1-4H3,(H2,25,27,28). The Balaban J connectivity index is 1.61. The molecule has 3 rings (SSSR count). The summed E-state index contributed by atoms with van der Waals surface area (Å²) in [5, 5.41) is 6.77. The van der Waals surface area contributed by atoms with Gasteiger partial charge in [-0.1, -0.05) is 12.1 Å². The number of piperazine rings is 1. The number of hydrogen-bond acceptors (Lipinski definition) is 6. The second-order valence-corrected chi connectivity index (χ2v) is 7.84. The quantitative estimate of drug-likeness (QED) is 0.457. The smallest absolute Gasteiger partial charge is 0.191 e. The van der Waals surface area contributed by atoms with Crippen molar-refractivity contribution in [2.24, 2.45) is 4.99 Å². The maximum Gasteiger partial charge on any atom is 0.191 e. The van der Waals surface area contributed by atoms with Crippen LogP contribution in [0.15, 0.2) is 41.5 Å². The lowest BCUT2D eigenvalue weighted by molar-refractivity contribution is 0.312. The summed E-state index contributed by atoms with van der Waals surface area (Å²) in [6.45, 7) is 8.33. The summed E-state index contributed by atoms with van der Waals surface area (Å²) in [6, 6.07) is 10.1. The largest absolute Gasteiger partial charge is 0.493 e. The maximum atomic E-state index is 5.40. The molecule has 0 unspecified atom stereocenters. The van der Waals surface area contributed by atoms with E-state index in [-0.39, 0.29) is 0 Å². The van der Waals surface area contributed by atoms with Crippen molar-refractivity contribution in [3.63, 3.8) is 0 Å². The molecule has 0 atom stereocenters. The Morgan fingerprint density at radius 1 is 1.06 bits per heavy atom. The molecule has 0 bridgehead atoms. The molecule has 2 heterocycles. The van der Waals surface area contributed by atoms with Crippen LogP contribution in [-0.2, 0) is 13.0 Å². The van der Waals surface area contributed by atoms with E-state index >= 15 is 0 Å². The molecule has 0 aliphatic carbocycles. The molecular formula is C24H36N6O2. The molecule has 1 saturated heterocycles. The van der Waals surface area contributed by atoms with Gasteiger partial charge in [0.2, 0.25) is 0 Å². The molecule has 0 saturated carbocycles. The van der Waals surface area contributed by atoms with Crippen LogP contribution in [0.3, 0.4) is 0 Å². The highest BCUT2D eigenvalue weighted by atomic mass is 16.5. The van der Waals surface area contributed by atoms with Crippen molar-refractivity contribution in [1.82, 2.24) is 20.5 Å². The lowest BCUT2D eigenvalue weighted by atomic mass is 10.1. The molecule has 1 aromatic heterocycles. The number of nitrogens with zero attached hydrogens (tertiary/aromatic N) is 4. The summed E-state index contributed by atoms with van der Waals surface area (Å²) in [7, 11) is 5.47. The van der Waals surface area contributed by atoms with Crippen LogP contribution in [0.4, 0.5) is 5.82 Å². The summed E-state index contributed by atoms with van der Waals surface area (Å²) in [5.74, 6) is 3.34. The molecule has 8 heteroatoms. The Kier molecular flexibility index (Phi) is 8.98. The number of ether oxygens (including phenoxy) is 2. The van der Waals surface area contributed by atoms with Gasteiger partial charge < -0.3 is 29.9 Å². The van der Waals surface area contributed by atoms with Crippen LogP contribution < -0.4 is 25.0 Å². The SMILES string of the molecule is CCNC(=NCc1cccnc1N1CCN(C)CC1)NCCc1ccc(OC)c(OC)c1.